The summed E-state index contributed by atoms with van der Waals surface area (Å²) >= 11 is 1.54. The standard InChI is InChI=1S/C16H24N4O3S/c1-2-13-18-19-14(24-13)10-17-15(21)11-5-7-20(8-6-11)16(22)12-4-3-9-23-12/h11-12H,2-10H2,1H3,(H,17,21)/t12-/m1/s1. The van der Waals surface area contributed by atoms with Gasteiger partial charge in [0.15, 0.2) is 0 Å². The number of hydrogen-bond donors (Lipinski definition) is 1. The summed E-state index contributed by atoms with van der Waals surface area (Å²) in [4.78, 5) is 26.4. The summed E-state index contributed by atoms with van der Waals surface area (Å²) in [5, 5.41) is 12.9. The van der Waals surface area contributed by atoms with E-state index < -0.39 is 0 Å². The van der Waals surface area contributed by atoms with Gasteiger partial charge < -0.3 is 15.0 Å². The van der Waals surface area contributed by atoms with Crippen molar-refractivity contribution in [1.29, 1.82) is 0 Å². The predicted octanol–water partition coefficient (Wildman–Crippen LogP) is 1.13. The van der Waals surface area contributed by atoms with Crippen LogP contribution < -0.4 is 5.32 Å². The summed E-state index contributed by atoms with van der Waals surface area (Å²) in [5.74, 6) is 0.108. The summed E-state index contributed by atoms with van der Waals surface area (Å²) < 4.78 is 5.46. The molecule has 2 amide bonds. The van der Waals surface area contributed by atoms with Crippen LogP contribution in [0.2, 0.25) is 0 Å². The molecule has 2 aliphatic rings. The van der Waals surface area contributed by atoms with Crippen molar-refractivity contribution in [2.75, 3.05) is 19.7 Å². The minimum atomic E-state index is -0.263. The molecule has 7 nitrogen and oxygen atoms in total. The molecule has 1 atom stereocenters. The summed E-state index contributed by atoms with van der Waals surface area (Å²) in [6.45, 7) is 4.42. The summed E-state index contributed by atoms with van der Waals surface area (Å²) in [6.07, 6.45) is 3.80. The number of amides is 2. The first-order valence-corrected chi connectivity index (χ1v) is 9.48. The van der Waals surface area contributed by atoms with Crippen LogP contribution >= 0.6 is 11.3 Å². The van der Waals surface area contributed by atoms with Crippen LogP contribution in [0.3, 0.4) is 0 Å². The second kappa shape index (κ2) is 8.02. The first kappa shape index (κ1) is 17.3. The monoisotopic (exact) mass is 352 g/mol. The van der Waals surface area contributed by atoms with E-state index in [2.05, 4.69) is 15.5 Å². The van der Waals surface area contributed by atoms with E-state index in [4.69, 9.17) is 4.74 Å². The molecule has 3 rings (SSSR count). The van der Waals surface area contributed by atoms with E-state index >= 15 is 0 Å². The maximum Gasteiger partial charge on any atom is 0.251 e. The molecule has 2 aliphatic heterocycles. The van der Waals surface area contributed by atoms with Crippen LogP contribution in [0.5, 0.6) is 0 Å². The lowest BCUT2D eigenvalue weighted by atomic mass is 9.95. The Hall–Kier alpha value is -1.54. The fourth-order valence-corrected chi connectivity index (χ4v) is 3.87. The number of nitrogens with one attached hydrogen (secondary N) is 1. The second-order valence-electron chi connectivity index (χ2n) is 6.26. The highest BCUT2D eigenvalue weighted by Crippen LogP contribution is 2.21. The normalized spacial score (nSPS) is 21.9. The van der Waals surface area contributed by atoms with Crippen molar-refractivity contribution >= 4 is 23.2 Å². The van der Waals surface area contributed by atoms with E-state index in [1.54, 1.807) is 0 Å². The maximum absolute atomic E-state index is 12.3. The number of nitrogens with zero attached hydrogens (tertiary/aromatic N) is 3. The molecule has 132 valence electrons. The van der Waals surface area contributed by atoms with Crippen LogP contribution in [-0.4, -0.2) is 52.7 Å². The Labute approximate surface area is 145 Å². The number of rotatable bonds is 5. The zero-order chi connectivity index (χ0) is 16.9. The van der Waals surface area contributed by atoms with Gasteiger partial charge in [-0.05, 0) is 32.1 Å². The second-order valence-corrected chi connectivity index (χ2v) is 7.41. The van der Waals surface area contributed by atoms with E-state index in [9.17, 15) is 9.59 Å². The summed E-state index contributed by atoms with van der Waals surface area (Å²) in [5.41, 5.74) is 0. The van der Waals surface area contributed by atoms with Crippen LogP contribution in [0, 0.1) is 5.92 Å². The third-order valence-corrected chi connectivity index (χ3v) is 5.68. The molecular weight excluding hydrogens is 328 g/mol. The molecular formula is C16H24N4O3S. The van der Waals surface area contributed by atoms with Gasteiger partial charge in [-0.3, -0.25) is 9.59 Å². The smallest absolute Gasteiger partial charge is 0.251 e. The SMILES string of the molecule is CCc1nnc(CNC(=O)C2CCN(C(=O)[C@H]3CCCO3)CC2)s1. The highest BCUT2D eigenvalue weighted by atomic mass is 32.1. The van der Waals surface area contributed by atoms with Crippen molar-refractivity contribution in [3.05, 3.63) is 10.0 Å². The molecule has 2 fully saturated rings. The van der Waals surface area contributed by atoms with Gasteiger partial charge in [-0.2, -0.15) is 0 Å². The Morgan fingerprint density at radius 2 is 2.00 bits per heavy atom. The zero-order valence-electron chi connectivity index (χ0n) is 14.0. The average Bonchev–Trinajstić information content (AvgIpc) is 3.30. The quantitative estimate of drug-likeness (QED) is 0.859. The topological polar surface area (TPSA) is 84.4 Å². The molecule has 1 aromatic rings. The molecule has 1 N–H and O–H groups in total. The van der Waals surface area contributed by atoms with E-state index in [0.717, 1.165) is 29.3 Å². The van der Waals surface area contributed by atoms with Crippen molar-refractivity contribution in [2.45, 2.75) is 51.7 Å². The number of carbonyl (C=O) groups is 2. The molecule has 0 bridgehead atoms. The lowest BCUT2D eigenvalue weighted by Gasteiger charge is -2.32. The highest BCUT2D eigenvalue weighted by molar-refractivity contribution is 7.11. The van der Waals surface area contributed by atoms with Crippen molar-refractivity contribution in [1.82, 2.24) is 20.4 Å². The van der Waals surface area contributed by atoms with Crippen molar-refractivity contribution in [3.63, 3.8) is 0 Å². The first-order valence-electron chi connectivity index (χ1n) is 8.66. The van der Waals surface area contributed by atoms with Gasteiger partial charge in [-0.1, -0.05) is 18.3 Å². The summed E-state index contributed by atoms with van der Waals surface area (Å²) in [7, 11) is 0. The fraction of sp³-hybridized carbons (Fsp3) is 0.750. The van der Waals surface area contributed by atoms with E-state index in [1.165, 1.54) is 11.3 Å². The lowest BCUT2D eigenvalue weighted by Crippen LogP contribution is -2.46. The molecule has 3 heterocycles. The van der Waals surface area contributed by atoms with E-state index in [0.29, 0.717) is 39.1 Å². The van der Waals surface area contributed by atoms with Crippen molar-refractivity contribution in [2.24, 2.45) is 5.92 Å². The first-order chi connectivity index (χ1) is 11.7. The molecule has 0 aliphatic carbocycles. The zero-order valence-corrected chi connectivity index (χ0v) is 14.8. The highest BCUT2D eigenvalue weighted by Gasteiger charge is 2.32. The molecule has 0 spiro atoms. The van der Waals surface area contributed by atoms with E-state index in [-0.39, 0.29) is 23.8 Å². The maximum atomic E-state index is 12.3. The number of carbonyl (C=O) groups excluding carboxylic acids is 2. The Kier molecular flexibility index (Phi) is 5.78. The van der Waals surface area contributed by atoms with Crippen LogP contribution in [-0.2, 0) is 27.3 Å². The molecule has 0 saturated carbocycles. The van der Waals surface area contributed by atoms with Crippen LogP contribution in [0.4, 0.5) is 0 Å². The van der Waals surface area contributed by atoms with Crippen LogP contribution in [0.15, 0.2) is 0 Å². The Morgan fingerprint density at radius 1 is 1.25 bits per heavy atom. The van der Waals surface area contributed by atoms with Gasteiger partial charge in [-0.25, -0.2) is 0 Å². The van der Waals surface area contributed by atoms with E-state index in [1.807, 2.05) is 11.8 Å². The molecule has 1 aromatic heterocycles. The van der Waals surface area contributed by atoms with Gasteiger partial charge in [0.25, 0.3) is 5.91 Å². The molecule has 2 saturated heterocycles. The molecule has 0 unspecified atom stereocenters. The van der Waals surface area contributed by atoms with Crippen molar-refractivity contribution in [3.8, 4) is 0 Å². The fourth-order valence-electron chi connectivity index (χ4n) is 3.15. The predicted molar refractivity (Wildman–Crippen MR) is 89.4 cm³/mol. The minimum absolute atomic E-state index is 0.0305. The number of hydrogen-bond acceptors (Lipinski definition) is 6. The average molecular weight is 352 g/mol. The van der Waals surface area contributed by atoms with Crippen molar-refractivity contribution < 1.29 is 14.3 Å². The minimum Gasteiger partial charge on any atom is -0.368 e. The van der Waals surface area contributed by atoms with Gasteiger partial charge in [0, 0.05) is 25.6 Å². The third kappa shape index (κ3) is 4.10. The Balaban J connectivity index is 1.42. The number of aromatic nitrogens is 2. The van der Waals surface area contributed by atoms with Gasteiger partial charge in [0.05, 0.1) is 6.54 Å². The largest absolute Gasteiger partial charge is 0.368 e. The third-order valence-electron chi connectivity index (χ3n) is 4.61. The van der Waals surface area contributed by atoms with Crippen LogP contribution in [0.25, 0.3) is 0 Å². The molecule has 8 heteroatoms. The van der Waals surface area contributed by atoms with Gasteiger partial charge in [0.2, 0.25) is 5.91 Å². The molecule has 0 aromatic carbocycles. The van der Waals surface area contributed by atoms with Gasteiger partial charge in [0.1, 0.15) is 16.1 Å². The molecule has 24 heavy (non-hydrogen) atoms. The lowest BCUT2D eigenvalue weighted by molar-refractivity contribution is -0.143. The molecule has 0 radical (unpaired) electrons. The Bertz CT molecular complexity index is 578. The number of aryl methyl sites for hydroxylation is 1. The number of piperidine rings is 1. The van der Waals surface area contributed by atoms with Gasteiger partial charge in [-0.15, -0.1) is 10.2 Å². The number of likely N-dealkylation sites (tertiary alicyclic amines) is 1. The summed E-state index contributed by atoms with van der Waals surface area (Å²) in [6, 6.07) is 0. The van der Waals surface area contributed by atoms with Gasteiger partial charge >= 0.3 is 0 Å². The Morgan fingerprint density at radius 3 is 2.62 bits per heavy atom. The van der Waals surface area contributed by atoms with Crippen LogP contribution in [0.1, 0.15) is 42.6 Å². The number of ether oxygens (including phenoxy) is 1.